The Morgan fingerprint density at radius 2 is 1.83 bits per heavy atom. The molecule has 0 radical (unpaired) electrons. The molecule has 0 bridgehead atoms. The molecule has 0 aliphatic heterocycles. The summed E-state index contributed by atoms with van der Waals surface area (Å²) < 4.78 is 7.01. The zero-order valence-corrected chi connectivity index (χ0v) is 15.3. The van der Waals surface area contributed by atoms with Crippen LogP contribution in [0.15, 0.2) is 65.2 Å². The first-order valence-electron chi connectivity index (χ1n) is 8.67. The number of amides is 1. The number of hydrogen-bond acceptors (Lipinski definition) is 5. The predicted molar refractivity (Wildman–Crippen MR) is 106 cm³/mol. The van der Waals surface area contributed by atoms with Gasteiger partial charge in [0.15, 0.2) is 5.76 Å². The van der Waals surface area contributed by atoms with Crippen LogP contribution < -0.4 is 5.73 Å². The molecule has 1 amide bonds. The molecule has 2 N–H and O–H groups in total. The van der Waals surface area contributed by atoms with Gasteiger partial charge in [-0.25, -0.2) is 0 Å². The lowest BCUT2D eigenvalue weighted by molar-refractivity contribution is -0.385. The molecule has 4 rings (SSSR count). The second kappa shape index (κ2) is 6.75. The summed E-state index contributed by atoms with van der Waals surface area (Å²) >= 11 is 0. The Hall–Kier alpha value is -4.20. The van der Waals surface area contributed by atoms with Gasteiger partial charge in [-0.2, -0.15) is 0 Å². The van der Waals surface area contributed by atoms with E-state index in [0.717, 1.165) is 0 Å². The van der Waals surface area contributed by atoms with E-state index in [4.69, 9.17) is 10.2 Å². The first-order valence-corrected chi connectivity index (χ1v) is 8.67. The van der Waals surface area contributed by atoms with Crippen molar-refractivity contribution < 1.29 is 18.9 Å². The molecule has 2 heterocycles. The summed E-state index contributed by atoms with van der Waals surface area (Å²) in [7, 11) is 0. The Labute approximate surface area is 164 Å². The first kappa shape index (κ1) is 18.2. The number of rotatable bonds is 4. The maximum atomic E-state index is 13.0. The molecule has 0 spiro atoms. The molecule has 8 nitrogen and oxygen atoms in total. The Morgan fingerprint density at radius 1 is 1.07 bits per heavy atom. The van der Waals surface area contributed by atoms with Crippen molar-refractivity contribution >= 4 is 28.4 Å². The van der Waals surface area contributed by atoms with E-state index < -0.39 is 16.7 Å². The van der Waals surface area contributed by atoms with Gasteiger partial charge in [-0.05, 0) is 25.1 Å². The van der Waals surface area contributed by atoms with Gasteiger partial charge in [-0.1, -0.05) is 30.3 Å². The monoisotopic (exact) mass is 389 g/mol. The van der Waals surface area contributed by atoms with Crippen LogP contribution in [-0.2, 0) is 0 Å². The average Bonchev–Trinajstić information content (AvgIpc) is 3.33. The van der Waals surface area contributed by atoms with Gasteiger partial charge in [0.05, 0.1) is 16.0 Å². The summed E-state index contributed by atoms with van der Waals surface area (Å²) in [6, 6.07) is 14.6. The fourth-order valence-corrected chi connectivity index (χ4v) is 3.35. The number of para-hydroxylation sites is 1. The van der Waals surface area contributed by atoms with Crippen LogP contribution in [0.3, 0.4) is 0 Å². The third-order valence-electron chi connectivity index (χ3n) is 4.78. The van der Waals surface area contributed by atoms with Crippen LogP contribution in [0.25, 0.3) is 22.2 Å². The predicted octanol–water partition coefficient (Wildman–Crippen LogP) is 3.91. The Bertz CT molecular complexity index is 1300. The largest absolute Gasteiger partial charge is 0.451 e. The molecular formula is C21H15N3O5. The fourth-order valence-electron chi connectivity index (χ4n) is 3.35. The van der Waals surface area contributed by atoms with Crippen molar-refractivity contribution in [1.82, 2.24) is 4.57 Å². The van der Waals surface area contributed by atoms with Crippen molar-refractivity contribution in [1.29, 1.82) is 0 Å². The highest BCUT2D eigenvalue weighted by Crippen LogP contribution is 2.31. The standard InChI is InChI=1S/C21H15N3O5/c1-12-13(6-4-8-16(12)24(27)28)18-9-10-19(29-18)21(26)23-11-15(20(22)25)14-5-2-3-7-17(14)23/h2-11H,1H3,(H2,22,25). The Balaban J connectivity index is 1.78. The molecule has 144 valence electrons. The molecule has 0 aliphatic rings. The maximum Gasteiger partial charge on any atom is 0.298 e. The number of carbonyl (C=O) groups excluding carboxylic acids is 2. The number of fused-ring (bicyclic) bond motifs is 1. The Morgan fingerprint density at radius 3 is 2.55 bits per heavy atom. The van der Waals surface area contributed by atoms with Crippen molar-refractivity contribution in [2.24, 2.45) is 5.73 Å². The SMILES string of the molecule is Cc1c(-c2ccc(C(=O)n3cc(C(N)=O)c4ccccc43)o2)cccc1[N+](=O)[O-]. The minimum absolute atomic E-state index is 0.0303. The molecule has 2 aromatic heterocycles. The number of benzene rings is 2. The highest BCUT2D eigenvalue weighted by Gasteiger charge is 2.22. The van der Waals surface area contributed by atoms with Gasteiger partial charge >= 0.3 is 0 Å². The van der Waals surface area contributed by atoms with Gasteiger partial charge in [-0.3, -0.25) is 24.3 Å². The highest BCUT2D eigenvalue weighted by molar-refractivity contribution is 6.10. The summed E-state index contributed by atoms with van der Waals surface area (Å²) in [5.41, 5.74) is 7.11. The Kier molecular flexibility index (Phi) is 4.23. The molecular weight excluding hydrogens is 374 g/mol. The first-order chi connectivity index (χ1) is 13.9. The molecule has 0 unspecified atom stereocenters. The lowest BCUT2D eigenvalue weighted by Crippen LogP contribution is -2.12. The number of nitro groups is 1. The molecule has 0 saturated heterocycles. The zero-order chi connectivity index (χ0) is 20.7. The molecule has 0 atom stereocenters. The van der Waals surface area contributed by atoms with Gasteiger partial charge in [-0.15, -0.1) is 0 Å². The zero-order valence-electron chi connectivity index (χ0n) is 15.3. The summed E-state index contributed by atoms with van der Waals surface area (Å²) in [5, 5.41) is 11.7. The summed E-state index contributed by atoms with van der Waals surface area (Å²) in [6.07, 6.45) is 1.39. The normalized spacial score (nSPS) is 10.9. The van der Waals surface area contributed by atoms with E-state index in [1.54, 1.807) is 49.4 Å². The van der Waals surface area contributed by atoms with Gasteiger partial charge in [0.2, 0.25) is 0 Å². The number of hydrogen-bond donors (Lipinski definition) is 1. The number of primary amides is 1. The molecule has 0 aliphatic carbocycles. The van der Waals surface area contributed by atoms with Crippen LogP contribution in [0.5, 0.6) is 0 Å². The maximum absolute atomic E-state index is 13.0. The van der Waals surface area contributed by atoms with E-state index in [1.807, 2.05) is 0 Å². The number of nitrogens with zero attached hydrogens (tertiary/aromatic N) is 2. The topological polar surface area (TPSA) is 121 Å². The van der Waals surface area contributed by atoms with Crippen molar-refractivity contribution in [2.45, 2.75) is 6.92 Å². The van der Waals surface area contributed by atoms with Crippen LogP contribution in [0.2, 0.25) is 0 Å². The molecule has 2 aromatic carbocycles. The number of aromatic nitrogens is 1. The molecule has 4 aromatic rings. The summed E-state index contributed by atoms with van der Waals surface area (Å²) in [5.74, 6) is -0.757. The van der Waals surface area contributed by atoms with Gasteiger partial charge in [0.1, 0.15) is 5.76 Å². The van der Waals surface area contributed by atoms with Gasteiger partial charge < -0.3 is 10.2 Å². The van der Waals surface area contributed by atoms with Crippen molar-refractivity contribution in [3.63, 3.8) is 0 Å². The van der Waals surface area contributed by atoms with E-state index in [9.17, 15) is 19.7 Å². The van der Waals surface area contributed by atoms with Crippen LogP contribution in [-0.4, -0.2) is 21.3 Å². The van der Waals surface area contributed by atoms with Gasteiger partial charge in [0.25, 0.3) is 17.5 Å². The van der Waals surface area contributed by atoms with E-state index >= 15 is 0 Å². The lowest BCUT2D eigenvalue weighted by atomic mass is 10.1. The highest BCUT2D eigenvalue weighted by atomic mass is 16.6. The minimum Gasteiger partial charge on any atom is -0.451 e. The molecule has 29 heavy (non-hydrogen) atoms. The summed E-state index contributed by atoms with van der Waals surface area (Å²) in [6.45, 7) is 1.62. The number of nitro benzene ring substituents is 1. The number of carbonyl (C=O) groups is 2. The van der Waals surface area contributed by atoms with Crippen LogP contribution in [0.4, 0.5) is 5.69 Å². The summed E-state index contributed by atoms with van der Waals surface area (Å²) in [4.78, 5) is 35.4. The lowest BCUT2D eigenvalue weighted by Gasteiger charge is -2.04. The van der Waals surface area contributed by atoms with Crippen molar-refractivity contribution in [3.05, 3.63) is 87.8 Å². The van der Waals surface area contributed by atoms with E-state index in [-0.39, 0.29) is 17.0 Å². The second-order valence-corrected chi connectivity index (χ2v) is 6.47. The molecule has 8 heteroatoms. The fraction of sp³-hybridized carbons (Fsp3) is 0.0476. The quantitative estimate of drug-likeness (QED) is 0.419. The van der Waals surface area contributed by atoms with Crippen LogP contribution in [0.1, 0.15) is 26.5 Å². The second-order valence-electron chi connectivity index (χ2n) is 6.47. The molecule has 0 fully saturated rings. The van der Waals surface area contributed by atoms with E-state index in [2.05, 4.69) is 0 Å². The third-order valence-corrected chi connectivity index (χ3v) is 4.78. The van der Waals surface area contributed by atoms with Gasteiger partial charge in [0, 0.05) is 28.8 Å². The number of nitrogens with two attached hydrogens (primary N) is 1. The van der Waals surface area contributed by atoms with Crippen molar-refractivity contribution in [3.8, 4) is 11.3 Å². The van der Waals surface area contributed by atoms with E-state index in [1.165, 1.54) is 22.9 Å². The third kappa shape index (κ3) is 2.96. The minimum atomic E-state index is -0.639. The van der Waals surface area contributed by atoms with Crippen LogP contribution in [0, 0.1) is 17.0 Å². The number of furan rings is 1. The molecule has 0 saturated carbocycles. The average molecular weight is 389 g/mol. The van der Waals surface area contributed by atoms with E-state index in [0.29, 0.717) is 27.8 Å². The van der Waals surface area contributed by atoms with Crippen LogP contribution >= 0.6 is 0 Å². The smallest absolute Gasteiger partial charge is 0.298 e. The van der Waals surface area contributed by atoms with Crippen molar-refractivity contribution in [2.75, 3.05) is 0 Å².